The Labute approximate surface area is 264 Å². The zero-order valence-electron chi connectivity index (χ0n) is 26.6. The van der Waals surface area contributed by atoms with E-state index in [4.69, 9.17) is 9.47 Å². The number of aryl methyl sites for hydroxylation is 1. The number of hydrogen-bond donors (Lipinski definition) is 1. The molecule has 3 aromatic rings. The number of amides is 2. The lowest BCUT2D eigenvalue weighted by Crippen LogP contribution is -2.55. The van der Waals surface area contributed by atoms with Crippen LogP contribution in [0.4, 0.5) is 11.4 Å². The van der Waals surface area contributed by atoms with E-state index in [-0.39, 0.29) is 40.7 Å². The Kier molecular flexibility index (Phi) is 11.2. The summed E-state index contributed by atoms with van der Waals surface area (Å²) in [5.74, 6) is 0.0279. The number of nitrogens with one attached hydrogen (secondary N) is 1. The molecule has 0 aliphatic carbocycles. The topological polar surface area (TPSA) is 148 Å². The van der Waals surface area contributed by atoms with E-state index in [1.54, 1.807) is 43.3 Å². The second-order valence-corrected chi connectivity index (χ2v) is 13.3. The highest BCUT2D eigenvalue weighted by molar-refractivity contribution is 7.92. The van der Waals surface area contributed by atoms with Gasteiger partial charge in [0.15, 0.2) is 0 Å². The average molecular weight is 641 g/mol. The summed E-state index contributed by atoms with van der Waals surface area (Å²) in [6.45, 7) is 8.07. The van der Waals surface area contributed by atoms with Crippen molar-refractivity contribution in [2.24, 2.45) is 0 Å². The molecule has 1 N–H and O–H groups in total. The number of carbonyl (C=O) groups excluding carboxylic acids is 2. The van der Waals surface area contributed by atoms with Crippen molar-refractivity contribution < 1.29 is 32.4 Å². The van der Waals surface area contributed by atoms with Crippen molar-refractivity contribution in [1.29, 1.82) is 0 Å². The van der Waals surface area contributed by atoms with Gasteiger partial charge in [0.1, 0.15) is 24.1 Å². The summed E-state index contributed by atoms with van der Waals surface area (Å²) >= 11 is 0. The van der Waals surface area contributed by atoms with Gasteiger partial charge in [-0.15, -0.1) is 0 Å². The van der Waals surface area contributed by atoms with Crippen molar-refractivity contribution in [3.8, 4) is 11.5 Å². The molecule has 0 aliphatic heterocycles. The maximum Gasteiger partial charge on any atom is 0.273 e. The smallest absolute Gasteiger partial charge is 0.273 e. The lowest BCUT2D eigenvalue weighted by Gasteiger charge is -2.34. The minimum Gasteiger partial charge on any atom is -0.497 e. The molecule has 0 unspecified atom stereocenters. The van der Waals surface area contributed by atoms with Crippen LogP contribution in [0.15, 0.2) is 71.6 Å². The zero-order chi connectivity index (χ0) is 33.5. The highest BCUT2D eigenvalue weighted by Gasteiger charge is 2.35. The lowest BCUT2D eigenvalue weighted by atomic mass is 10.1. The van der Waals surface area contributed by atoms with Crippen LogP contribution in [0, 0.1) is 17.0 Å². The van der Waals surface area contributed by atoms with Gasteiger partial charge in [0.2, 0.25) is 11.8 Å². The second-order valence-electron chi connectivity index (χ2n) is 11.4. The van der Waals surface area contributed by atoms with E-state index in [0.29, 0.717) is 17.1 Å². The maximum atomic E-state index is 14.2. The number of anilines is 1. The Bertz CT molecular complexity index is 1620. The lowest BCUT2D eigenvalue weighted by molar-refractivity contribution is -0.385. The van der Waals surface area contributed by atoms with Crippen molar-refractivity contribution in [2.45, 2.75) is 64.1 Å². The first-order valence-electron chi connectivity index (χ1n) is 14.3. The summed E-state index contributed by atoms with van der Waals surface area (Å²) in [6, 6.07) is 15.7. The molecule has 2 amide bonds. The quantitative estimate of drug-likeness (QED) is 0.206. The third kappa shape index (κ3) is 8.72. The van der Waals surface area contributed by atoms with Crippen molar-refractivity contribution in [1.82, 2.24) is 10.2 Å². The van der Waals surface area contributed by atoms with Gasteiger partial charge in [-0.3, -0.25) is 24.0 Å². The van der Waals surface area contributed by atoms with Gasteiger partial charge >= 0.3 is 0 Å². The fraction of sp³-hybridized carbons (Fsp3) is 0.375. The normalized spacial score (nSPS) is 12.2. The summed E-state index contributed by atoms with van der Waals surface area (Å²) in [6.07, 6.45) is 0.253. The van der Waals surface area contributed by atoms with E-state index in [2.05, 4.69) is 5.32 Å². The molecule has 13 heteroatoms. The molecule has 0 bridgehead atoms. The van der Waals surface area contributed by atoms with Gasteiger partial charge in [-0.05, 0) is 82.1 Å². The van der Waals surface area contributed by atoms with Crippen molar-refractivity contribution >= 4 is 33.2 Å². The molecule has 0 saturated carbocycles. The largest absolute Gasteiger partial charge is 0.497 e. The Morgan fingerprint density at radius 2 is 1.51 bits per heavy atom. The predicted molar refractivity (Wildman–Crippen MR) is 171 cm³/mol. The van der Waals surface area contributed by atoms with E-state index in [9.17, 15) is 28.1 Å². The first-order valence-corrected chi connectivity index (χ1v) is 15.7. The summed E-state index contributed by atoms with van der Waals surface area (Å²) < 4.78 is 39.6. The number of sulfonamides is 1. The Hall–Kier alpha value is -4.65. The van der Waals surface area contributed by atoms with Gasteiger partial charge in [0.25, 0.3) is 15.7 Å². The standard InChI is InChI=1S/C32H40N4O8S/c1-8-28(31(38)33-32(3,4)5)34(20-23-10-14-25(43-6)15-11-23)30(37)21-35(24-12-16-26(44-7)17-13-24)45(41,42)27-18-9-22(2)29(19-27)36(39)40/h9-19,28H,8,20-21H2,1-7H3,(H,33,38)/t28-/m0/s1. The van der Waals surface area contributed by atoms with Crippen LogP contribution in [0.3, 0.4) is 0 Å². The van der Waals surface area contributed by atoms with Crippen LogP contribution in [0.25, 0.3) is 0 Å². The van der Waals surface area contributed by atoms with Gasteiger partial charge in [-0.25, -0.2) is 8.42 Å². The number of ether oxygens (including phenoxy) is 2. The molecule has 0 saturated heterocycles. The van der Waals surface area contributed by atoms with Crippen LogP contribution < -0.4 is 19.1 Å². The highest BCUT2D eigenvalue weighted by atomic mass is 32.2. The van der Waals surface area contributed by atoms with E-state index in [1.165, 1.54) is 50.3 Å². The van der Waals surface area contributed by atoms with Crippen molar-refractivity contribution in [3.05, 3.63) is 88.0 Å². The fourth-order valence-corrected chi connectivity index (χ4v) is 6.09. The number of methoxy groups -OCH3 is 2. The molecule has 0 fully saturated rings. The summed E-state index contributed by atoms with van der Waals surface area (Å²) in [5.41, 5.74) is 0.149. The molecule has 3 aromatic carbocycles. The number of benzene rings is 3. The van der Waals surface area contributed by atoms with Crippen LogP contribution in [0.1, 0.15) is 45.2 Å². The Balaban J connectivity index is 2.13. The summed E-state index contributed by atoms with van der Waals surface area (Å²) in [7, 11) is -1.52. The Morgan fingerprint density at radius 1 is 0.956 bits per heavy atom. The molecular weight excluding hydrogens is 600 g/mol. The van der Waals surface area contributed by atoms with Gasteiger partial charge in [-0.2, -0.15) is 0 Å². The van der Waals surface area contributed by atoms with Gasteiger partial charge in [0, 0.05) is 23.7 Å². The SMILES string of the molecule is CC[C@@H](C(=O)NC(C)(C)C)N(Cc1ccc(OC)cc1)C(=O)CN(c1ccc(OC)cc1)S(=O)(=O)c1ccc(C)c([N+](=O)[O-])c1. The maximum absolute atomic E-state index is 14.2. The van der Waals surface area contributed by atoms with Crippen LogP contribution >= 0.6 is 0 Å². The van der Waals surface area contributed by atoms with E-state index >= 15 is 0 Å². The summed E-state index contributed by atoms with van der Waals surface area (Å²) in [4.78, 5) is 39.7. The molecule has 0 radical (unpaired) electrons. The second kappa shape index (κ2) is 14.4. The van der Waals surface area contributed by atoms with E-state index in [1.807, 2.05) is 20.8 Å². The molecule has 12 nitrogen and oxygen atoms in total. The number of nitrogens with zero attached hydrogens (tertiary/aromatic N) is 3. The van der Waals surface area contributed by atoms with E-state index in [0.717, 1.165) is 10.4 Å². The monoisotopic (exact) mass is 640 g/mol. The molecular formula is C32H40N4O8S. The zero-order valence-corrected chi connectivity index (χ0v) is 27.4. The predicted octanol–water partition coefficient (Wildman–Crippen LogP) is 4.84. The number of hydrogen-bond acceptors (Lipinski definition) is 8. The van der Waals surface area contributed by atoms with Crippen LogP contribution in [-0.4, -0.2) is 62.4 Å². The molecule has 0 aromatic heterocycles. The Morgan fingerprint density at radius 3 is 2.00 bits per heavy atom. The van der Waals surface area contributed by atoms with Gasteiger partial charge in [-0.1, -0.05) is 25.1 Å². The van der Waals surface area contributed by atoms with Crippen molar-refractivity contribution in [2.75, 3.05) is 25.1 Å². The highest BCUT2D eigenvalue weighted by Crippen LogP contribution is 2.30. The third-order valence-electron chi connectivity index (χ3n) is 7.00. The van der Waals surface area contributed by atoms with Gasteiger partial charge < -0.3 is 19.7 Å². The average Bonchev–Trinajstić information content (AvgIpc) is 2.99. The minimum absolute atomic E-state index is 0.00536. The van der Waals surface area contributed by atoms with Gasteiger partial charge in [0.05, 0.1) is 29.7 Å². The fourth-order valence-electron chi connectivity index (χ4n) is 4.65. The molecule has 0 heterocycles. The molecule has 3 rings (SSSR count). The first kappa shape index (κ1) is 34.8. The first-order chi connectivity index (χ1) is 21.1. The number of nitro benzene ring substituents is 1. The van der Waals surface area contributed by atoms with Crippen LogP contribution in [0.5, 0.6) is 11.5 Å². The molecule has 0 spiro atoms. The molecule has 45 heavy (non-hydrogen) atoms. The number of carbonyl (C=O) groups is 2. The van der Waals surface area contributed by atoms with Crippen molar-refractivity contribution in [3.63, 3.8) is 0 Å². The number of rotatable bonds is 13. The molecule has 0 aliphatic rings. The van der Waals surface area contributed by atoms with E-state index < -0.39 is 39.0 Å². The summed E-state index contributed by atoms with van der Waals surface area (Å²) in [5, 5.41) is 14.6. The molecule has 242 valence electrons. The minimum atomic E-state index is -4.51. The van der Waals surface area contributed by atoms with Crippen LogP contribution in [0.2, 0.25) is 0 Å². The number of nitro groups is 1. The third-order valence-corrected chi connectivity index (χ3v) is 8.77. The molecule has 1 atom stereocenters. The van der Waals surface area contributed by atoms with Crippen LogP contribution in [-0.2, 0) is 26.2 Å².